The standard InChI is InChI=1S/C16H16F3NO3S/c1-10-3-8-14(24-10)13(22-2)9-20-15(21)11-4-6-12(7-5-11)23-16(17,18)19/h3-8,13H,9H2,1-2H3,(H,20,21)/t13-/m0/s1. The highest BCUT2D eigenvalue weighted by molar-refractivity contribution is 7.12. The number of halogens is 3. The zero-order chi connectivity index (χ0) is 17.7. The lowest BCUT2D eigenvalue weighted by atomic mass is 10.2. The molecule has 1 amide bonds. The van der Waals surface area contributed by atoms with Crippen molar-refractivity contribution in [1.82, 2.24) is 5.32 Å². The number of methoxy groups -OCH3 is 1. The van der Waals surface area contributed by atoms with Crippen molar-refractivity contribution >= 4 is 17.2 Å². The van der Waals surface area contributed by atoms with Gasteiger partial charge in [0.1, 0.15) is 11.9 Å². The molecule has 2 rings (SSSR count). The van der Waals surface area contributed by atoms with Crippen LogP contribution in [0.3, 0.4) is 0 Å². The number of aryl methyl sites for hydroxylation is 1. The maximum Gasteiger partial charge on any atom is 0.573 e. The molecule has 0 radical (unpaired) electrons. The molecule has 1 N–H and O–H groups in total. The summed E-state index contributed by atoms with van der Waals surface area (Å²) in [7, 11) is 1.55. The van der Waals surface area contributed by atoms with Gasteiger partial charge in [0, 0.05) is 29.0 Å². The molecule has 4 nitrogen and oxygen atoms in total. The maximum atomic E-state index is 12.1. The van der Waals surface area contributed by atoms with Crippen molar-refractivity contribution in [3.05, 3.63) is 51.7 Å². The third-order valence-corrected chi connectivity index (χ3v) is 4.25. The summed E-state index contributed by atoms with van der Waals surface area (Å²) in [4.78, 5) is 14.2. The molecule has 1 heterocycles. The molecule has 0 unspecified atom stereocenters. The minimum atomic E-state index is -4.76. The molecule has 2 aromatic rings. The summed E-state index contributed by atoms with van der Waals surface area (Å²) < 4.78 is 45.4. The minimum absolute atomic E-state index is 0.238. The summed E-state index contributed by atoms with van der Waals surface area (Å²) >= 11 is 1.58. The summed E-state index contributed by atoms with van der Waals surface area (Å²) in [5, 5.41) is 2.71. The molecular formula is C16H16F3NO3S. The number of carbonyl (C=O) groups is 1. The van der Waals surface area contributed by atoms with Crippen molar-refractivity contribution in [2.45, 2.75) is 19.4 Å². The zero-order valence-electron chi connectivity index (χ0n) is 13.0. The highest BCUT2D eigenvalue weighted by atomic mass is 32.1. The second-order valence-corrected chi connectivity index (χ2v) is 6.27. The Balaban J connectivity index is 1.94. The van der Waals surface area contributed by atoms with E-state index in [4.69, 9.17) is 4.74 Å². The minimum Gasteiger partial charge on any atom is -0.406 e. The van der Waals surface area contributed by atoms with Gasteiger partial charge in [-0.2, -0.15) is 0 Å². The second kappa shape index (κ2) is 7.67. The van der Waals surface area contributed by atoms with Crippen molar-refractivity contribution in [2.75, 3.05) is 13.7 Å². The molecule has 0 aliphatic carbocycles. The highest BCUT2D eigenvalue weighted by Crippen LogP contribution is 2.25. The van der Waals surface area contributed by atoms with Gasteiger partial charge in [-0.15, -0.1) is 24.5 Å². The van der Waals surface area contributed by atoms with E-state index in [-0.39, 0.29) is 24.0 Å². The SMILES string of the molecule is CO[C@@H](CNC(=O)c1ccc(OC(F)(F)F)cc1)c1ccc(C)s1. The van der Waals surface area contributed by atoms with Gasteiger partial charge in [-0.25, -0.2) is 0 Å². The number of amides is 1. The van der Waals surface area contributed by atoms with Crippen LogP contribution < -0.4 is 10.1 Å². The Hall–Kier alpha value is -2.06. The first-order valence-electron chi connectivity index (χ1n) is 7.01. The normalized spacial score (nSPS) is 12.7. The first kappa shape index (κ1) is 18.3. The van der Waals surface area contributed by atoms with Crippen molar-refractivity contribution in [2.24, 2.45) is 0 Å². The molecule has 1 aromatic carbocycles. The van der Waals surface area contributed by atoms with Crippen molar-refractivity contribution in [3.8, 4) is 5.75 Å². The van der Waals surface area contributed by atoms with E-state index in [0.717, 1.165) is 21.9 Å². The van der Waals surface area contributed by atoms with Crippen molar-refractivity contribution in [3.63, 3.8) is 0 Å². The fourth-order valence-corrected chi connectivity index (χ4v) is 2.98. The molecule has 1 aromatic heterocycles. The summed E-state index contributed by atoms with van der Waals surface area (Å²) in [5.41, 5.74) is 0.238. The molecule has 0 aliphatic heterocycles. The van der Waals surface area contributed by atoms with Gasteiger partial charge in [-0.1, -0.05) is 0 Å². The van der Waals surface area contributed by atoms with Gasteiger partial charge in [0.25, 0.3) is 5.91 Å². The third-order valence-electron chi connectivity index (χ3n) is 3.16. The fourth-order valence-electron chi connectivity index (χ4n) is 2.02. The molecule has 0 bridgehead atoms. The Labute approximate surface area is 141 Å². The van der Waals surface area contributed by atoms with Gasteiger partial charge in [-0.05, 0) is 43.3 Å². The van der Waals surface area contributed by atoms with E-state index in [2.05, 4.69) is 10.1 Å². The van der Waals surface area contributed by atoms with Crippen LogP contribution in [0.2, 0.25) is 0 Å². The van der Waals surface area contributed by atoms with Gasteiger partial charge >= 0.3 is 6.36 Å². The molecule has 0 saturated heterocycles. The lowest BCUT2D eigenvalue weighted by molar-refractivity contribution is -0.274. The zero-order valence-corrected chi connectivity index (χ0v) is 13.8. The Morgan fingerprint density at radius 3 is 2.38 bits per heavy atom. The molecule has 0 saturated carbocycles. The lowest BCUT2D eigenvalue weighted by Crippen LogP contribution is -2.28. The number of carbonyl (C=O) groups excluding carboxylic acids is 1. The van der Waals surface area contributed by atoms with E-state index in [0.29, 0.717) is 0 Å². The van der Waals surface area contributed by atoms with Crippen LogP contribution in [0.5, 0.6) is 5.75 Å². The largest absolute Gasteiger partial charge is 0.573 e. The van der Waals surface area contributed by atoms with Crippen molar-refractivity contribution in [1.29, 1.82) is 0 Å². The smallest absolute Gasteiger partial charge is 0.406 e. The number of benzene rings is 1. The van der Waals surface area contributed by atoms with E-state index in [1.807, 2.05) is 19.1 Å². The van der Waals surface area contributed by atoms with Gasteiger partial charge in [-0.3, -0.25) is 4.79 Å². The van der Waals surface area contributed by atoms with Crippen LogP contribution in [0.15, 0.2) is 36.4 Å². The Kier molecular flexibility index (Phi) is 5.84. The third kappa shape index (κ3) is 5.24. The average Bonchev–Trinajstić information content (AvgIpc) is 2.93. The maximum absolute atomic E-state index is 12.1. The van der Waals surface area contributed by atoms with E-state index in [1.54, 1.807) is 18.4 Å². The van der Waals surface area contributed by atoms with Gasteiger partial charge < -0.3 is 14.8 Å². The molecular weight excluding hydrogens is 343 g/mol. The molecule has 8 heteroatoms. The highest BCUT2D eigenvalue weighted by Gasteiger charge is 2.31. The lowest BCUT2D eigenvalue weighted by Gasteiger charge is -2.15. The predicted octanol–water partition coefficient (Wildman–Crippen LogP) is 4.07. The molecule has 24 heavy (non-hydrogen) atoms. The summed E-state index contributed by atoms with van der Waals surface area (Å²) in [6.45, 7) is 2.24. The van der Waals surface area contributed by atoms with Crippen LogP contribution in [0.25, 0.3) is 0 Å². The number of thiophene rings is 1. The molecule has 0 aliphatic rings. The number of alkyl halides is 3. The van der Waals surface area contributed by atoms with Crippen LogP contribution in [-0.2, 0) is 4.74 Å². The van der Waals surface area contributed by atoms with E-state index < -0.39 is 12.3 Å². The van der Waals surface area contributed by atoms with Gasteiger partial charge in [0.2, 0.25) is 0 Å². The van der Waals surface area contributed by atoms with Crippen LogP contribution in [0.4, 0.5) is 13.2 Å². The number of rotatable bonds is 6. The quantitative estimate of drug-likeness (QED) is 0.846. The average molecular weight is 359 g/mol. The summed E-state index contributed by atoms with van der Waals surface area (Å²) in [6, 6.07) is 8.63. The van der Waals surface area contributed by atoms with E-state index in [1.165, 1.54) is 12.1 Å². The summed E-state index contributed by atoms with van der Waals surface area (Å²) in [6.07, 6.45) is -5.03. The second-order valence-electron chi connectivity index (χ2n) is 4.95. The van der Waals surface area contributed by atoms with Gasteiger partial charge in [0.05, 0.1) is 0 Å². The first-order chi connectivity index (χ1) is 11.3. The van der Waals surface area contributed by atoms with E-state index >= 15 is 0 Å². The monoisotopic (exact) mass is 359 g/mol. The molecule has 1 atom stereocenters. The fraction of sp³-hybridized carbons (Fsp3) is 0.312. The van der Waals surface area contributed by atoms with Crippen LogP contribution in [0, 0.1) is 6.92 Å². The van der Waals surface area contributed by atoms with Crippen LogP contribution in [-0.4, -0.2) is 25.9 Å². The number of nitrogens with one attached hydrogen (secondary N) is 1. The predicted molar refractivity (Wildman–Crippen MR) is 84.3 cm³/mol. The number of hydrogen-bond acceptors (Lipinski definition) is 4. The summed E-state index contributed by atoms with van der Waals surface area (Å²) in [5.74, 6) is -0.772. The van der Waals surface area contributed by atoms with Crippen LogP contribution in [0.1, 0.15) is 26.2 Å². The Bertz CT molecular complexity index is 683. The van der Waals surface area contributed by atoms with Crippen LogP contribution >= 0.6 is 11.3 Å². The Morgan fingerprint density at radius 1 is 1.21 bits per heavy atom. The van der Waals surface area contributed by atoms with E-state index in [9.17, 15) is 18.0 Å². The number of hydrogen-bond donors (Lipinski definition) is 1. The molecule has 130 valence electrons. The molecule has 0 spiro atoms. The topological polar surface area (TPSA) is 47.6 Å². The van der Waals surface area contributed by atoms with Gasteiger partial charge in [0.15, 0.2) is 0 Å². The Morgan fingerprint density at radius 2 is 1.88 bits per heavy atom. The first-order valence-corrected chi connectivity index (χ1v) is 7.83. The van der Waals surface area contributed by atoms with Crippen molar-refractivity contribution < 1.29 is 27.4 Å². The molecule has 0 fully saturated rings. The number of ether oxygens (including phenoxy) is 2.